The van der Waals surface area contributed by atoms with Crippen LogP contribution in [0.1, 0.15) is 10.4 Å². The summed E-state index contributed by atoms with van der Waals surface area (Å²) >= 11 is 1.34. The zero-order valence-electron chi connectivity index (χ0n) is 9.79. The molecule has 0 aliphatic heterocycles. The summed E-state index contributed by atoms with van der Waals surface area (Å²) in [6.07, 6.45) is 0. The first-order valence-electron chi connectivity index (χ1n) is 5.36. The summed E-state index contributed by atoms with van der Waals surface area (Å²) in [4.78, 5) is 23.4. The Balaban J connectivity index is 0.00000133. The van der Waals surface area contributed by atoms with E-state index in [1.165, 1.54) is 17.4 Å². The van der Waals surface area contributed by atoms with E-state index in [2.05, 4.69) is 0 Å². The van der Waals surface area contributed by atoms with Crippen molar-refractivity contribution in [3.63, 3.8) is 0 Å². The van der Waals surface area contributed by atoms with E-state index in [4.69, 9.17) is 5.11 Å². The largest absolute Gasteiger partial charge is 0.478 e. The normalized spacial score (nSPS) is 10.3. The Morgan fingerprint density at radius 1 is 1.00 bits per heavy atom. The molecule has 0 amide bonds. The average molecular weight is 283 g/mol. The monoisotopic (exact) mass is 283 g/mol. The molecular formula is C14H8AlO3S. The maximum absolute atomic E-state index is 12.3. The molecule has 0 bridgehead atoms. The molecule has 0 aliphatic carbocycles. The molecule has 0 atom stereocenters. The SMILES string of the molecule is O=C(O)c1cccc2c(=O)c3ccccc3sc12.[Al]. The summed E-state index contributed by atoms with van der Waals surface area (Å²) in [6.45, 7) is 0. The van der Waals surface area contributed by atoms with E-state index in [0.717, 1.165) is 4.70 Å². The van der Waals surface area contributed by atoms with E-state index in [1.807, 2.05) is 18.2 Å². The van der Waals surface area contributed by atoms with Crippen molar-refractivity contribution in [3.05, 3.63) is 58.3 Å². The summed E-state index contributed by atoms with van der Waals surface area (Å²) in [6, 6.07) is 12.1. The summed E-state index contributed by atoms with van der Waals surface area (Å²) < 4.78 is 1.34. The first kappa shape index (κ1) is 13.8. The second-order valence-corrected chi connectivity index (χ2v) is 4.97. The van der Waals surface area contributed by atoms with Gasteiger partial charge in [0.1, 0.15) is 0 Å². The number of carboxylic acids is 1. The van der Waals surface area contributed by atoms with E-state index in [-0.39, 0.29) is 28.4 Å². The van der Waals surface area contributed by atoms with Crippen molar-refractivity contribution in [3.8, 4) is 0 Å². The number of hydrogen-bond acceptors (Lipinski definition) is 3. The number of carboxylic acid groups (broad SMARTS) is 1. The van der Waals surface area contributed by atoms with Crippen LogP contribution in [-0.2, 0) is 0 Å². The Hall–Kier alpha value is -1.67. The second kappa shape index (κ2) is 5.14. The molecule has 1 aromatic heterocycles. The first-order valence-corrected chi connectivity index (χ1v) is 6.18. The zero-order valence-corrected chi connectivity index (χ0v) is 11.8. The fraction of sp³-hybridized carbons (Fsp3) is 0. The minimum atomic E-state index is -1.01. The fourth-order valence-corrected chi connectivity index (χ4v) is 3.17. The van der Waals surface area contributed by atoms with Gasteiger partial charge in [-0.2, -0.15) is 0 Å². The maximum atomic E-state index is 12.3. The van der Waals surface area contributed by atoms with Crippen LogP contribution in [0.3, 0.4) is 0 Å². The Kier molecular flexibility index (Phi) is 3.72. The molecule has 2 aromatic carbocycles. The smallest absolute Gasteiger partial charge is 0.337 e. The molecule has 1 N–H and O–H groups in total. The molecule has 19 heavy (non-hydrogen) atoms. The van der Waals surface area contributed by atoms with Crippen LogP contribution in [0.25, 0.3) is 20.2 Å². The fourth-order valence-electron chi connectivity index (χ4n) is 1.99. The molecule has 91 valence electrons. The number of rotatable bonds is 1. The van der Waals surface area contributed by atoms with Crippen molar-refractivity contribution >= 4 is 54.8 Å². The molecule has 3 rings (SSSR count). The van der Waals surface area contributed by atoms with Crippen molar-refractivity contribution in [2.24, 2.45) is 0 Å². The van der Waals surface area contributed by atoms with Gasteiger partial charge in [0.25, 0.3) is 0 Å². The number of aromatic carboxylic acids is 1. The van der Waals surface area contributed by atoms with Gasteiger partial charge in [0.2, 0.25) is 0 Å². The van der Waals surface area contributed by atoms with Crippen molar-refractivity contribution in [1.82, 2.24) is 0 Å². The molecule has 3 radical (unpaired) electrons. The third kappa shape index (κ3) is 2.17. The van der Waals surface area contributed by atoms with Crippen molar-refractivity contribution in [2.45, 2.75) is 0 Å². The number of hydrogen-bond donors (Lipinski definition) is 1. The molecule has 0 saturated heterocycles. The summed E-state index contributed by atoms with van der Waals surface area (Å²) in [7, 11) is 0. The second-order valence-electron chi connectivity index (χ2n) is 3.91. The summed E-state index contributed by atoms with van der Waals surface area (Å²) in [5.74, 6) is -1.01. The molecule has 3 nitrogen and oxygen atoms in total. The van der Waals surface area contributed by atoms with Crippen LogP contribution in [-0.4, -0.2) is 28.4 Å². The van der Waals surface area contributed by atoms with Gasteiger partial charge < -0.3 is 5.11 Å². The highest BCUT2D eigenvalue weighted by molar-refractivity contribution is 7.24. The molecule has 0 spiro atoms. The van der Waals surface area contributed by atoms with Crippen LogP contribution in [0.2, 0.25) is 0 Å². The van der Waals surface area contributed by atoms with Gasteiger partial charge in [-0.15, -0.1) is 11.3 Å². The van der Waals surface area contributed by atoms with Crippen LogP contribution < -0.4 is 5.43 Å². The molecule has 1 heterocycles. The molecule has 0 fully saturated rings. The van der Waals surface area contributed by atoms with E-state index in [1.54, 1.807) is 18.2 Å². The topological polar surface area (TPSA) is 54.4 Å². The molecule has 0 unspecified atom stereocenters. The Labute approximate surface area is 123 Å². The average Bonchev–Trinajstić information content (AvgIpc) is 2.38. The lowest BCUT2D eigenvalue weighted by atomic mass is 10.1. The lowest BCUT2D eigenvalue weighted by Crippen LogP contribution is -2.04. The van der Waals surface area contributed by atoms with Gasteiger partial charge in [-0.1, -0.05) is 18.2 Å². The van der Waals surface area contributed by atoms with Gasteiger partial charge >= 0.3 is 5.97 Å². The minimum absolute atomic E-state index is 0. The van der Waals surface area contributed by atoms with Crippen molar-refractivity contribution < 1.29 is 9.90 Å². The van der Waals surface area contributed by atoms with Gasteiger partial charge in [0.05, 0.1) is 10.3 Å². The highest BCUT2D eigenvalue weighted by Crippen LogP contribution is 2.27. The van der Waals surface area contributed by atoms with E-state index in [0.29, 0.717) is 15.5 Å². The van der Waals surface area contributed by atoms with Crippen LogP contribution in [0, 0.1) is 0 Å². The standard InChI is InChI=1S/C14H8O3S.Al/c15-12-8-4-1-2-7-11(8)18-13-9(12)5-3-6-10(13)14(16)17;/h1-7H,(H,16,17);. The van der Waals surface area contributed by atoms with Gasteiger partial charge in [0.15, 0.2) is 5.43 Å². The summed E-state index contributed by atoms with van der Waals surface area (Å²) in [5.41, 5.74) is 0.0720. The predicted octanol–water partition coefficient (Wildman–Crippen LogP) is 2.73. The lowest BCUT2D eigenvalue weighted by molar-refractivity contribution is 0.0699. The molecule has 5 heteroatoms. The summed E-state index contributed by atoms with van der Waals surface area (Å²) in [5, 5.41) is 10.3. The van der Waals surface area contributed by atoms with Crippen LogP contribution >= 0.6 is 11.3 Å². The molecule has 3 aromatic rings. The zero-order chi connectivity index (χ0) is 12.7. The lowest BCUT2D eigenvalue weighted by Gasteiger charge is -2.03. The quantitative estimate of drug-likeness (QED) is 0.552. The molecule has 0 saturated carbocycles. The molecule has 0 aliphatic rings. The number of benzene rings is 2. The molecular weight excluding hydrogens is 275 g/mol. The van der Waals surface area contributed by atoms with Gasteiger partial charge in [-0.05, 0) is 24.3 Å². The van der Waals surface area contributed by atoms with Crippen molar-refractivity contribution in [1.29, 1.82) is 0 Å². The Morgan fingerprint density at radius 3 is 2.42 bits per heavy atom. The van der Waals surface area contributed by atoms with Crippen LogP contribution in [0.15, 0.2) is 47.3 Å². The first-order chi connectivity index (χ1) is 8.68. The van der Waals surface area contributed by atoms with Crippen molar-refractivity contribution in [2.75, 3.05) is 0 Å². The Morgan fingerprint density at radius 2 is 1.68 bits per heavy atom. The highest BCUT2D eigenvalue weighted by atomic mass is 32.1. The highest BCUT2D eigenvalue weighted by Gasteiger charge is 2.12. The van der Waals surface area contributed by atoms with E-state index < -0.39 is 5.97 Å². The van der Waals surface area contributed by atoms with E-state index >= 15 is 0 Å². The van der Waals surface area contributed by atoms with Crippen LogP contribution in [0.5, 0.6) is 0 Å². The maximum Gasteiger partial charge on any atom is 0.337 e. The van der Waals surface area contributed by atoms with Gasteiger partial charge in [-0.25, -0.2) is 4.79 Å². The predicted molar refractivity (Wildman–Crippen MR) is 78.3 cm³/mol. The minimum Gasteiger partial charge on any atom is -0.478 e. The van der Waals surface area contributed by atoms with Gasteiger partial charge in [0, 0.05) is 32.8 Å². The Bertz CT molecular complexity index is 839. The van der Waals surface area contributed by atoms with E-state index in [9.17, 15) is 9.59 Å². The third-order valence-electron chi connectivity index (χ3n) is 2.83. The van der Waals surface area contributed by atoms with Crippen LogP contribution in [0.4, 0.5) is 0 Å². The third-order valence-corrected chi connectivity index (χ3v) is 4.05. The number of fused-ring (bicyclic) bond motifs is 2. The van der Waals surface area contributed by atoms with Gasteiger partial charge in [-0.3, -0.25) is 4.79 Å². The number of carbonyl (C=O) groups is 1.